The Morgan fingerprint density at radius 3 is 2.58 bits per heavy atom. The van der Waals surface area contributed by atoms with Crippen molar-refractivity contribution in [3.8, 4) is 0 Å². The zero-order chi connectivity index (χ0) is 14.1. The van der Waals surface area contributed by atoms with Gasteiger partial charge in [-0.05, 0) is 30.2 Å². The van der Waals surface area contributed by atoms with Crippen LogP contribution in [0.1, 0.15) is 12.5 Å². The Morgan fingerprint density at radius 2 is 2.00 bits per heavy atom. The molecule has 19 heavy (non-hydrogen) atoms. The SMILES string of the molecule is C=C/C(=C\C=C(/C)C(=O)CBr)OCc1ccccc1. The highest BCUT2D eigenvalue weighted by atomic mass is 79.9. The molecule has 2 nitrogen and oxygen atoms in total. The summed E-state index contributed by atoms with van der Waals surface area (Å²) in [5.41, 5.74) is 1.77. The average Bonchev–Trinajstić information content (AvgIpc) is 2.47. The molecule has 0 aliphatic rings. The van der Waals surface area contributed by atoms with Crippen LogP contribution in [0.4, 0.5) is 0 Å². The van der Waals surface area contributed by atoms with E-state index in [2.05, 4.69) is 22.5 Å². The van der Waals surface area contributed by atoms with Crippen LogP contribution in [0.2, 0.25) is 0 Å². The van der Waals surface area contributed by atoms with Crippen LogP contribution in [0.5, 0.6) is 0 Å². The number of carbonyl (C=O) groups is 1. The zero-order valence-corrected chi connectivity index (χ0v) is 12.5. The number of ketones is 1. The molecule has 100 valence electrons. The first-order chi connectivity index (χ1) is 9.17. The van der Waals surface area contributed by atoms with E-state index in [1.54, 1.807) is 25.2 Å². The Balaban J connectivity index is 2.63. The first-order valence-electron chi connectivity index (χ1n) is 5.94. The summed E-state index contributed by atoms with van der Waals surface area (Å²) in [6, 6.07) is 9.89. The number of carbonyl (C=O) groups excluding carboxylic acids is 1. The van der Waals surface area contributed by atoms with E-state index in [0.717, 1.165) is 5.56 Å². The average molecular weight is 321 g/mol. The molecule has 0 amide bonds. The zero-order valence-electron chi connectivity index (χ0n) is 10.9. The van der Waals surface area contributed by atoms with E-state index in [0.29, 0.717) is 23.3 Å². The van der Waals surface area contributed by atoms with Crippen LogP contribution in [0.25, 0.3) is 0 Å². The molecule has 0 bridgehead atoms. The van der Waals surface area contributed by atoms with E-state index in [9.17, 15) is 4.79 Å². The van der Waals surface area contributed by atoms with Crippen LogP contribution in [-0.2, 0) is 16.1 Å². The topological polar surface area (TPSA) is 26.3 Å². The number of hydrogen-bond donors (Lipinski definition) is 0. The molecule has 1 aromatic rings. The number of halogens is 1. The minimum Gasteiger partial charge on any atom is -0.489 e. The lowest BCUT2D eigenvalue weighted by atomic mass is 10.2. The lowest BCUT2D eigenvalue weighted by Gasteiger charge is -2.06. The van der Waals surface area contributed by atoms with Crippen LogP contribution in [0, 0.1) is 0 Å². The number of ether oxygens (including phenoxy) is 1. The molecule has 0 unspecified atom stereocenters. The van der Waals surface area contributed by atoms with Gasteiger partial charge in [0.25, 0.3) is 0 Å². The van der Waals surface area contributed by atoms with E-state index in [1.165, 1.54) is 0 Å². The molecule has 0 aromatic heterocycles. The summed E-state index contributed by atoms with van der Waals surface area (Å²) in [6.45, 7) is 5.96. The van der Waals surface area contributed by atoms with Crippen molar-refractivity contribution in [2.45, 2.75) is 13.5 Å². The highest BCUT2D eigenvalue weighted by Crippen LogP contribution is 2.08. The summed E-state index contributed by atoms with van der Waals surface area (Å²) in [7, 11) is 0. The van der Waals surface area contributed by atoms with E-state index in [4.69, 9.17) is 4.74 Å². The van der Waals surface area contributed by atoms with E-state index in [1.807, 2.05) is 30.3 Å². The molecule has 0 atom stereocenters. The number of benzene rings is 1. The molecule has 0 radical (unpaired) electrons. The summed E-state index contributed by atoms with van der Waals surface area (Å²) in [4.78, 5) is 11.4. The molecule has 0 fully saturated rings. The molecular weight excluding hydrogens is 304 g/mol. The molecule has 0 aliphatic heterocycles. The third-order valence-electron chi connectivity index (χ3n) is 2.51. The van der Waals surface area contributed by atoms with Gasteiger partial charge in [-0.15, -0.1) is 0 Å². The van der Waals surface area contributed by atoms with Gasteiger partial charge >= 0.3 is 0 Å². The molecular formula is C16H17BrO2. The van der Waals surface area contributed by atoms with Gasteiger partial charge in [0.05, 0.1) is 5.33 Å². The predicted octanol–water partition coefficient (Wildman–Crippen LogP) is 4.18. The van der Waals surface area contributed by atoms with Gasteiger partial charge in [-0.3, -0.25) is 4.79 Å². The summed E-state index contributed by atoms with van der Waals surface area (Å²) in [5, 5.41) is 0.331. The Morgan fingerprint density at radius 1 is 1.32 bits per heavy atom. The van der Waals surface area contributed by atoms with Crippen molar-refractivity contribution in [2.75, 3.05) is 5.33 Å². The van der Waals surface area contributed by atoms with Crippen molar-refractivity contribution in [3.05, 3.63) is 72.0 Å². The summed E-state index contributed by atoms with van der Waals surface area (Å²) >= 11 is 3.14. The lowest BCUT2D eigenvalue weighted by Crippen LogP contribution is -1.99. The van der Waals surface area contributed by atoms with Gasteiger partial charge < -0.3 is 4.74 Å². The first kappa shape index (κ1) is 15.4. The molecule has 0 N–H and O–H groups in total. The van der Waals surface area contributed by atoms with Gasteiger partial charge in [0, 0.05) is 0 Å². The quantitative estimate of drug-likeness (QED) is 0.326. The predicted molar refractivity (Wildman–Crippen MR) is 82.1 cm³/mol. The van der Waals surface area contributed by atoms with Crippen molar-refractivity contribution >= 4 is 21.7 Å². The van der Waals surface area contributed by atoms with Crippen molar-refractivity contribution in [2.24, 2.45) is 0 Å². The fourth-order valence-electron chi connectivity index (χ4n) is 1.32. The number of alkyl halides is 1. The van der Waals surface area contributed by atoms with E-state index in [-0.39, 0.29) is 5.78 Å². The van der Waals surface area contributed by atoms with Crippen molar-refractivity contribution in [3.63, 3.8) is 0 Å². The number of allylic oxidation sites excluding steroid dienone is 4. The van der Waals surface area contributed by atoms with Crippen LogP contribution >= 0.6 is 15.9 Å². The van der Waals surface area contributed by atoms with Crippen molar-refractivity contribution in [1.29, 1.82) is 0 Å². The largest absolute Gasteiger partial charge is 0.489 e. The number of Topliss-reactive ketones (excluding diaryl/α,β-unsaturated/α-hetero) is 1. The Bertz CT molecular complexity index is 487. The molecule has 0 heterocycles. The molecule has 0 saturated carbocycles. The Kier molecular flexibility index (Phi) is 6.90. The maximum absolute atomic E-state index is 11.4. The minimum atomic E-state index is 0.0581. The van der Waals surface area contributed by atoms with Gasteiger partial charge in [-0.2, -0.15) is 0 Å². The van der Waals surface area contributed by atoms with Crippen molar-refractivity contribution < 1.29 is 9.53 Å². The van der Waals surface area contributed by atoms with Gasteiger partial charge in [-0.25, -0.2) is 0 Å². The van der Waals surface area contributed by atoms with Crippen molar-refractivity contribution in [1.82, 2.24) is 0 Å². The summed E-state index contributed by atoms with van der Waals surface area (Å²) in [5.74, 6) is 0.702. The van der Waals surface area contributed by atoms with E-state index < -0.39 is 0 Å². The normalized spacial score (nSPS) is 12.1. The fourth-order valence-corrected chi connectivity index (χ4v) is 1.76. The summed E-state index contributed by atoms with van der Waals surface area (Å²) < 4.78 is 5.62. The molecule has 0 spiro atoms. The molecule has 0 saturated heterocycles. The van der Waals surface area contributed by atoms with Gasteiger partial charge in [0.15, 0.2) is 5.78 Å². The standard InChI is InChI=1S/C16H17BrO2/c1-3-15(10-9-13(2)16(18)11-17)19-12-14-7-5-4-6-8-14/h3-10H,1,11-12H2,2H3/b13-9+,15-10+. The summed E-state index contributed by atoms with van der Waals surface area (Å²) in [6.07, 6.45) is 5.13. The molecule has 1 aromatic carbocycles. The second-order valence-electron chi connectivity index (χ2n) is 3.95. The lowest BCUT2D eigenvalue weighted by molar-refractivity contribution is -0.113. The second kappa shape index (κ2) is 8.48. The Labute approximate surface area is 122 Å². The van der Waals surface area contributed by atoms with Crippen LogP contribution in [0.15, 0.2) is 66.5 Å². The number of rotatable bonds is 7. The number of hydrogen-bond acceptors (Lipinski definition) is 2. The smallest absolute Gasteiger partial charge is 0.169 e. The molecule has 0 aliphatic carbocycles. The van der Waals surface area contributed by atoms with Gasteiger partial charge in [0.1, 0.15) is 12.4 Å². The van der Waals surface area contributed by atoms with Gasteiger partial charge in [0.2, 0.25) is 0 Å². The first-order valence-corrected chi connectivity index (χ1v) is 7.06. The second-order valence-corrected chi connectivity index (χ2v) is 4.51. The highest BCUT2D eigenvalue weighted by molar-refractivity contribution is 9.09. The third-order valence-corrected chi connectivity index (χ3v) is 3.02. The fraction of sp³-hybridized carbons (Fsp3) is 0.188. The van der Waals surface area contributed by atoms with Crippen LogP contribution in [-0.4, -0.2) is 11.1 Å². The maximum Gasteiger partial charge on any atom is 0.169 e. The van der Waals surface area contributed by atoms with E-state index >= 15 is 0 Å². The maximum atomic E-state index is 11.4. The monoisotopic (exact) mass is 320 g/mol. The third kappa shape index (κ3) is 5.71. The highest BCUT2D eigenvalue weighted by Gasteiger charge is 2.00. The minimum absolute atomic E-state index is 0.0581. The van der Waals surface area contributed by atoms with Gasteiger partial charge in [-0.1, -0.05) is 58.9 Å². The Hall–Kier alpha value is -1.61. The van der Waals surface area contributed by atoms with Crippen LogP contribution in [0.3, 0.4) is 0 Å². The molecule has 1 rings (SSSR count). The van der Waals surface area contributed by atoms with Crippen LogP contribution < -0.4 is 0 Å². The molecule has 3 heteroatoms.